The van der Waals surface area contributed by atoms with E-state index in [1.165, 1.54) is 0 Å². The zero-order chi connectivity index (χ0) is 15.2. The molecule has 6 heteroatoms. The van der Waals surface area contributed by atoms with E-state index in [0.29, 0.717) is 19.3 Å². The van der Waals surface area contributed by atoms with Crippen molar-refractivity contribution >= 4 is 0 Å². The quantitative estimate of drug-likeness (QED) is 0.337. The maximum Gasteiger partial charge on any atom is 0.151 e. The summed E-state index contributed by atoms with van der Waals surface area (Å²) in [6, 6.07) is 0. The molecule has 1 aliphatic rings. The van der Waals surface area contributed by atoms with Crippen LogP contribution in [-0.4, -0.2) is 56.4 Å². The molecule has 0 bridgehead atoms. The largest absolute Gasteiger partial charge is 0.396 e. The first-order valence-corrected chi connectivity index (χ1v) is 7.37. The van der Waals surface area contributed by atoms with Crippen molar-refractivity contribution in [1.29, 1.82) is 0 Å². The molecule has 1 rings (SSSR count). The van der Waals surface area contributed by atoms with E-state index in [-0.39, 0.29) is 37.9 Å². The van der Waals surface area contributed by atoms with Crippen molar-refractivity contribution in [2.45, 2.75) is 57.5 Å². The average Bonchev–Trinajstić information content (AvgIpc) is 2.43. The maximum atomic E-state index is 9.80. The van der Waals surface area contributed by atoms with Crippen LogP contribution in [0.3, 0.4) is 0 Å². The predicted molar refractivity (Wildman–Crippen MR) is 72.4 cm³/mol. The lowest BCUT2D eigenvalue weighted by molar-refractivity contribution is -0.0859. The van der Waals surface area contributed by atoms with Gasteiger partial charge in [-0.15, -0.1) is 0 Å². The first kappa shape index (κ1) is 17.8. The molecule has 3 unspecified atom stereocenters. The molecule has 0 aromatic rings. The third-order valence-corrected chi connectivity index (χ3v) is 4.78. The first-order valence-electron chi connectivity index (χ1n) is 7.37. The van der Waals surface area contributed by atoms with Crippen LogP contribution in [-0.2, 0) is 0 Å². The molecule has 0 saturated heterocycles. The minimum atomic E-state index is -1.39. The van der Waals surface area contributed by atoms with Gasteiger partial charge in [0, 0.05) is 13.2 Å². The molecule has 0 radical (unpaired) electrons. The molecule has 1 aliphatic carbocycles. The van der Waals surface area contributed by atoms with E-state index in [9.17, 15) is 10.2 Å². The molecule has 0 aliphatic heterocycles. The topological polar surface area (TPSA) is 121 Å². The summed E-state index contributed by atoms with van der Waals surface area (Å²) in [5.41, 5.74) is -0.412. The Morgan fingerprint density at radius 2 is 1.65 bits per heavy atom. The molecule has 1 fully saturated rings. The lowest BCUT2D eigenvalue weighted by atomic mass is 9.60. The van der Waals surface area contributed by atoms with Gasteiger partial charge in [0.25, 0.3) is 0 Å². The van der Waals surface area contributed by atoms with E-state index in [4.69, 9.17) is 20.4 Å². The number of aliphatic hydroxyl groups is 6. The second kappa shape index (κ2) is 8.26. The summed E-state index contributed by atoms with van der Waals surface area (Å²) in [6.45, 7) is 0.0480. The van der Waals surface area contributed by atoms with Crippen molar-refractivity contribution in [2.75, 3.05) is 13.2 Å². The van der Waals surface area contributed by atoms with E-state index in [1.807, 2.05) is 0 Å². The third kappa shape index (κ3) is 4.95. The second-order valence-electron chi connectivity index (χ2n) is 6.12. The monoisotopic (exact) mass is 292 g/mol. The maximum absolute atomic E-state index is 9.80. The fraction of sp³-hybridized carbons (Fsp3) is 1.00. The third-order valence-electron chi connectivity index (χ3n) is 4.78. The fourth-order valence-electron chi connectivity index (χ4n) is 3.44. The van der Waals surface area contributed by atoms with Crippen molar-refractivity contribution in [3.8, 4) is 0 Å². The van der Waals surface area contributed by atoms with Crippen molar-refractivity contribution < 1.29 is 30.6 Å². The Kier molecular flexibility index (Phi) is 7.36. The van der Waals surface area contributed by atoms with E-state index in [0.717, 1.165) is 12.8 Å². The molecule has 1 saturated carbocycles. The van der Waals surface area contributed by atoms with Gasteiger partial charge in [-0.25, -0.2) is 0 Å². The Morgan fingerprint density at radius 3 is 2.15 bits per heavy atom. The highest BCUT2D eigenvalue weighted by Gasteiger charge is 2.42. The molecule has 0 aromatic carbocycles. The molecule has 0 heterocycles. The average molecular weight is 292 g/mol. The number of hydrogen-bond acceptors (Lipinski definition) is 6. The van der Waals surface area contributed by atoms with Crippen LogP contribution in [0.1, 0.15) is 44.9 Å². The van der Waals surface area contributed by atoms with Gasteiger partial charge in [0.15, 0.2) is 12.6 Å². The van der Waals surface area contributed by atoms with Gasteiger partial charge in [-0.3, -0.25) is 0 Å². The van der Waals surface area contributed by atoms with E-state index >= 15 is 0 Å². The van der Waals surface area contributed by atoms with Crippen molar-refractivity contribution in [2.24, 2.45) is 17.3 Å². The summed E-state index contributed by atoms with van der Waals surface area (Å²) in [4.78, 5) is 0. The standard InChI is InChI=1S/C14H28O6/c15-8-10-3-5-14(9-16,6-4-13(19)20)11(7-10)1-2-12(17)18/h10-13,15-20H,1-9H2. The minimum Gasteiger partial charge on any atom is -0.396 e. The first-order chi connectivity index (χ1) is 9.43. The zero-order valence-electron chi connectivity index (χ0n) is 11.9. The van der Waals surface area contributed by atoms with Crippen LogP contribution in [0.5, 0.6) is 0 Å². The fourth-order valence-corrected chi connectivity index (χ4v) is 3.44. The van der Waals surface area contributed by atoms with Crippen LogP contribution in [0.4, 0.5) is 0 Å². The summed E-state index contributed by atoms with van der Waals surface area (Å²) >= 11 is 0. The smallest absolute Gasteiger partial charge is 0.151 e. The molecular weight excluding hydrogens is 264 g/mol. The molecule has 0 spiro atoms. The summed E-state index contributed by atoms with van der Waals surface area (Å²) in [5, 5.41) is 55.3. The van der Waals surface area contributed by atoms with E-state index < -0.39 is 18.0 Å². The van der Waals surface area contributed by atoms with Crippen LogP contribution >= 0.6 is 0 Å². The van der Waals surface area contributed by atoms with Crippen molar-refractivity contribution in [3.05, 3.63) is 0 Å². The Labute approximate surface area is 119 Å². The van der Waals surface area contributed by atoms with Crippen LogP contribution in [0.15, 0.2) is 0 Å². The molecule has 0 aromatic heterocycles. The van der Waals surface area contributed by atoms with Gasteiger partial charge in [0.05, 0.1) is 0 Å². The van der Waals surface area contributed by atoms with Gasteiger partial charge in [0.1, 0.15) is 0 Å². The number of aliphatic hydroxyl groups excluding tert-OH is 4. The SMILES string of the molecule is OCC1CCC(CO)(CCC(O)O)C(CCC(O)O)C1. The van der Waals surface area contributed by atoms with Crippen molar-refractivity contribution in [1.82, 2.24) is 0 Å². The summed E-state index contributed by atoms with van der Waals surface area (Å²) in [6.07, 6.45) is 0.953. The highest BCUT2D eigenvalue weighted by atomic mass is 16.5. The minimum absolute atomic E-state index is 0.0515. The van der Waals surface area contributed by atoms with Crippen LogP contribution < -0.4 is 0 Å². The lowest BCUT2D eigenvalue weighted by Gasteiger charge is -2.46. The van der Waals surface area contributed by atoms with Gasteiger partial charge in [-0.1, -0.05) is 0 Å². The Bertz CT molecular complexity index is 270. The highest BCUT2D eigenvalue weighted by Crippen LogP contribution is 2.48. The molecule has 0 amide bonds. The van der Waals surface area contributed by atoms with Crippen LogP contribution in [0, 0.1) is 17.3 Å². The zero-order valence-corrected chi connectivity index (χ0v) is 11.9. The highest BCUT2D eigenvalue weighted by molar-refractivity contribution is 4.92. The van der Waals surface area contributed by atoms with Crippen LogP contribution in [0.2, 0.25) is 0 Å². The summed E-state index contributed by atoms with van der Waals surface area (Å²) in [7, 11) is 0. The molecule has 120 valence electrons. The number of rotatable bonds is 8. The normalized spacial score (nSPS) is 31.2. The van der Waals surface area contributed by atoms with Crippen LogP contribution in [0.25, 0.3) is 0 Å². The van der Waals surface area contributed by atoms with Gasteiger partial charge in [0.2, 0.25) is 0 Å². The van der Waals surface area contributed by atoms with Gasteiger partial charge < -0.3 is 30.6 Å². The Hall–Kier alpha value is -0.240. The molecular formula is C14H28O6. The van der Waals surface area contributed by atoms with E-state index in [1.54, 1.807) is 0 Å². The second-order valence-corrected chi connectivity index (χ2v) is 6.12. The summed E-state index contributed by atoms with van der Waals surface area (Å²) in [5.74, 6) is 0.230. The lowest BCUT2D eigenvalue weighted by Crippen LogP contribution is -2.41. The predicted octanol–water partition coefficient (Wildman–Crippen LogP) is -0.445. The van der Waals surface area contributed by atoms with Gasteiger partial charge >= 0.3 is 0 Å². The van der Waals surface area contributed by atoms with E-state index in [2.05, 4.69) is 0 Å². The van der Waals surface area contributed by atoms with Gasteiger partial charge in [-0.2, -0.15) is 0 Å². The molecule has 6 N–H and O–H groups in total. The van der Waals surface area contributed by atoms with Gasteiger partial charge in [-0.05, 0) is 62.2 Å². The molecule has 3 atom stereocenters. The Balaban J connectivity index is 2.74. The van der Waals surface area contributed by atoms with Crippen molar-refractivity contribution in [3.63, 3.8) is 0 Å². The Morgan fingerprint density at radius 1 is 1.00 bits per heavy atom. The molecule has 6 nitrogen and oxygen atoms in total. The summed E-state index contributed by atoms with van der Waals surface area (Å²) < 4.78 is 0. The number of hydrogen-bond donors (Lipinski definition) is 6. The molecule has 20 heavy (non-hydrogen) atoms.